The number of aryl methyl sites for hydroxylation is 1. The third-order valence-corrected chi connectivity index (χ3v) is 3.99. The van der Waals surface area contributed by atoms with Gasteiger partial charge in [-0.05, 0) is 31.2 Å². The van der Waals surface area contributed by atoms with Crippen LogP contribution in [0.3, 0.4) is 0 Å². The van der Waals surface area contributed by atoms with Crippen molar-refractivity contribution >= 4 is 11.6 Å². The quantitative estimate of drug-likeness (QED) is 0.789. The molecule has 0 radical (unpaired) electrons. The number of aromatic nitrogens is 2. The van der Waals surface area contributed by atoms with Gasteiger partial charge in [-0.15, -0.1) is 0 Å². The Hall–Kier alpha value is -2.30. The number of nitrogens with zero attached hydrogens (tertiary/aromatic N) is 2. The molecular formula is C18H18ClN3O. The Morgan fingerprint density at radius 1 is 1.13 bits per heavy atom. The van der Waals surface area contributed by atoms with E-state index in [0.29, 0.717) is 17.3 Å². The normalized spacial score (nSPS) is 10.8. The summed E-state index contributed by atoms with van der Waals surface area (Å²) in [6.07, 6.45) is 0. The maximum absolute atomic E-state index is 6.25. The summed E-state index contributed by atoms with van der Waals surface area (Å²) >= 11 is 6.25. The second-order valence-electron chi connectivity index (χ2n) is 5.32. The van der Waals surface area contributed by atoms with Crippen LogP contribution >= 0.6 is 11.6 Å². The average molecular weight is 328 g/mol. The molecule has 0 amide bonds. The summed E-state index contributed by atoms with van der Waals surface area (Å²) in [6, 6.07) is 15.9. The third kappa shape index (κ3) is 3.09. The molecule has 0 unspecified atom stereocenters. The van der Waals surface area contributed by atoms with Gasteiger partial charge in [0.1, 0.15) is 5.75 Å². The first-order valence-electron chi connectivity index (χ1n) is 7.32. The van der Waals surface area contributed by atoms with Crippen molar-refractivity contribution in [2.75, 3.05) is 7.11 Å². The molecule has 0 aliphatic heterocycles. The topological polar surface area (TPSA) is 53.1 Å². The molecule has 0 aliphatic rings. The summed E-state index contributed by atoms with van der Waals surface area (Å²) in [5.74, 6) is 0.638. The van der Waals surface area contributed by atoms with E-state index < -0.39 is 0 Å². The van der Waals surface area contributed by atoms with Crippen LogP contribution in [0.1, 0.15) is 11.3 Å². The summed E-state index contributed by atoms with van der Waals surface area (Å²) in [7, 11) is 1.60. The summed E-state index contributed by atoms with van der Waals surface area (Å²) in [5, 5.41) is 5.13. The highest BCUT2D eigenvalue weighted by Gasteiger charge is 2.12. The van der Waals surface area contributed by atoms with E-state index in [2.05, 4.69) is 36.3 Å². The molecule has 0 saturated carbocycles. The molecule has 0 spiro atoms. The zero-order valence-electron chi connectivity index (χ0n) is 13.1. The van der Waals surface area contributed by atoms with Crippen molar-refractivity contribution in [1.29, 1.82) is 0 Å². The highest BCUT2D eigenvalue weighted by molar-refractivity contribution is 6.32. The van der Waals surface area contributed by atoms with Crippen LogP contribution in [-0.4, -0.2) is 16.9 Å². The van der Waals surface area contributed by atoms with Crippen LogP contribution < -0.4 is 10.5 Å². The van der Waals surface area contributed by atoms with E-state index in [4.69, 9.17) is 22.1 Å². The smallest absolute Gasteiger partial charge is 0.137 e. The van der Waals surface area contributed by atoms with Crippen molar-refractivity contribution in [2.24, 2.45) is 5.73 Å². The lowest BCUT2D eigenvalue weighted by atomic mass is 10.1. The van der Waals surface area contributed by atoms with Gasteiger partial charge < -0.3 is 10.5 Å². The molecule has 118 valence electrons. The van der Waals surface area contributed by atoms with Gasteiger partial charge in [0.2, 0.25) is 0 Å². The lowest BCUT2D eigenvalue weighted by Gasteiger charge is -2.10. The lowest BCUT2D eigenvalue weighted by molar-refractivity contribution is 0.415. The van der Waals surface area contributed by atoms with Gasteiger partial charge in [-0.25, -0.2) is 4.68 Å². The van der Waals surface area contributed by atoms with Gasteiger partial charge in [0, 0.05) is 12.1 Å². The molecule has 0 atom stereocenters. The minimum Gasteiger partial charge on any atom is -0.495 e. The molecule has 3 aromatic rings. The van der Waals surface area contributed by atoms with Crippen molar-refractivity contribution < 1.29 is 4.74 Å². The fourth-order valence-electron chi connectivity index (χ4n) is 2.44. The molecule has 0 aliphatic carbocycles. The van der Waals surface area contributed by atoms with E-state index in [1.54, 1.807) is 7.11 Å². The highest BCUT2D eigenvalue weighted by Crippen LogP contribution is 2.30. The molecular weight excluding hydrogens is 310 g/mol. The van der Waals surface area contributed by atoms with Crippen molar-refractivity contribution in [2.45, 2.75) is 13.5 Å². The number of benzene rings is 2. The van der Waals surface area contributed by atoms with Crippen molar-refractivity contribution in [3.8, 4) is 22.7 Å². The Morgan fingerprint density at radius 2 is 1.87 bits per heavy atom. The minimum absolute atomic E-state index is 0.385. The largest absolute Gasteiger partial charge is 0.495 e. The van der Waals surface area contributed by atoms with Gasteiger partial charge in [-0.3, -0.25) is 0 Å². The predicted octanol–water partition coefficient (Wildman–Crippen LogP) is 3.97. The van der Waals surface area contributed by atoms with Crippen LogP contribution in [0.25, 0.3) is 16.9 Å². The predicted molar refractivity (Wildman–Crippen MR) is 93.2 cm³/mol. The highest BCUT2D eigenvalue weighted by atomic mass is 35.5. The molecule has 1 heterocycles. The molecule has 2 aromatic carbocycles. The summed E-state index contributed by atoms with van der Waals surface area (Å²) in [5.41, 5.74) is 10.7. The Kier molecular flexibility index (Phi) is 4.37. The van der Waals surface area contributed by atoms with Gasteiger partial charge in [0.05, 0.1) is 29.2 Å². The molecule has 0 saturated heterocycles. The van der Waals surface area contributed by atoms with E-state index in [0.717, 1.165) is 22.6 Å². The SMILES string of the molecule is COc1ccc(-n2nc(CN)cc2-c2ccc(C)cc2)cc1Cl. The van der Waals surface area contributed by atoms with Crippen LogP contribution in [-0.2, 0) is 6.54 Å². The number of hydrogen-bond donors (Lipinski definition) is 1. The zero-order chi connectivity index (χ0) is 16.4. The fourth-order valence-corrected chi connectivity index (χ4v) is 2.70. The van der Waals surface area contributed by atoms with Gasteiger partial charge in [0.15, 0.2) is 0 Å². The van der Waals surface area contributed by atoms with Crippen LogP contribution in [0.5, 0.6) is 5.75 Å². The molecule has 2 N–H and O–H groups in total. The third-order valence-electron chi connectivity index (χ3n) is 3.70. The monoisotopic (exact) mass is 327 g/mol. The maximum Gasteiger partial charge on any atom is 0.137 e. The van der Waals surface area contributed by atoms with E-state index in [1.807, 2.05) is 28.9 Å². The number of ether oxygens (including phenoxy) is 1. The summed E-state index contributed by atoms with van der Waals surface area (Å²) < 4.78 is 7.07. The molecule has 0 fully saturated rings. The van der Waals surface area contributed by atoms with Gasteiger partial charge >= 0.3 is 0 Å². The second-order valence-corrected chi connectivity index (χ2v) is 5.73. The molecule has 5 heteroatoms. The van der Waals surface area contributed by atoms with Crippen LogP contribution in [0.2, 0.25) is 5.02 Å². The van der Waals surface area contributed by atoms with Gasteiger partial charge in [0.25, 0.3) is 0 Å². The standard InChI is InChI=1S/C18H18ClN3O/c1-12-3-5-13(6-4-12)17-9-14(11-20)21-22(17)15-7-8-18(23-2)16(19)10-15/h3-10H,11,20H2,1-2H3. The van der Waals surface area contributed by atoms with Crippen LogP contribution in [0, 0.1) is 6.92 Å². The Morgan fingerprint density at radius 3 is 2.48 bits per heavy atom. The molecule has 1 aromatic heterocycles. The van der Waals surface area contributed by atoms with Crippen LogP contribution in [0.4, 0.5) is 0 Å². The average Bonchev–Trinajstić information content (AvgIpc) is 3.00. The van der Waals surface area contributed by atoms with Gasteiger partial charge in [-0.2, -0.15) is 5.10 Å². The number of hydrogen-bond acceptors (Lipinski definition) is 3. The zero-order valence-corrected chi connectivity index (χ0v) is 13.8. The first kappa shape index (κ1) is 15.6. The van der Waals surface area contributed by atoms with E-state index in [1.165, 1.54) is 5.56 Å². The Bertz CT molecular complexity index is 825. The Labute approximate surface area is 140 Å². The molecule has 23 heavy (non-hydrogen) atoms. The molecule has 0 bridgehead atoms. The fraction of sp³-hybridized carbons (Fsp3) is 0.167. The summed E-state index contributed by atoms with van der Waals surface area (Å²) in [6.45, 7) is 2.45. The van der Waals surface area contributed by atoms with Crippen molar-refractivity contribution in [1.82, 2.24) is 9.78 Å². The maximum atomic E-state index is 6.25. The van der Waals surface area contributed by atoms with Crippen molar-refractivity contribution in [3.63, 3.8) is 0 Å². The lowest BCUT2D eigenvalue weighted by Crippen LogP contribution is -2.02. The second kappa shape index (κ2) is 6.44. The number of halogens is 1. The first-order chi connectivity index (χ1) is 11.1. The minimum atomic E-state index is 0.385. The van der Waals surface area contributed by atoms with E-state index in [9.17, 15) is 0 Å². The number of rotatable bonds is 4. The van der Waals surface area contributed by atoms with E-state index >= 15 is 0 Å². The van der Waals surface area contributed by atoms with Crippen LogP contribution in [0.15, 0.2) is 48.5 Å². The molecule has 3 rings (SSSR count). The first-order valence-corrected chi connectivity index (χ1v) is 7.70. The number of methoxy groups -OCH3 is 1. The van der Waals surface area contributed by atoms with Crippen molar-refractivity contribution in [3.05, 3.63) is 64.8 Å². The number of nitrogens with two attached hydrogens (primary N) is 1. The van der Waals surface area contributed by atoms with E-state index in [-0.39, 0.29) is 0 Å². The molecule has 4 nitrogen and oxygen atoms in total. The summed E-state index contributed by atoms with van der Waals surface area (Å²) in [4.78, 5) is 0. The Balaban J connectivity index is 2.13. The van der Waals surface area contributed by atoms with Gasteiger partial charge in [-0.1, -0.05) is 41.4 Å².